The highest BCUT2D eigenvalue weighted by Gasteiger charge is 2.43. The Kier molecular flexibility index (Phi) is 4.28. The molecule has 19 heavy (non-hydrogen) atoms. The van der Waals surface area contributed by atoms with Crippen LogP contribution < -0.4 is 0 Å². The molecule has 108 valence electrons. The van der Waals surface area contributed by atoms with Crippen molar-refractivity contribution in [3.05, 3.63) is 0 Å². The summed E-state index contributed by atoms with van der Waals surface area (Å²) in [5, 5.41) is -0.457. The summed E-state index contributed by atoms with van der Waals surface area (Å²) in [6.07, 6.45) is 3.51. The fraction of sp³-hybridized carbons (Fsp3) is 0.846. The maximum absolute atomic E-state index is 12.1. The second kappa shape index (κ2) is 5.61. The van der Waals surface area contributed by atoms with Crippen LogP contribution in [0.2, 0.25) is 0 Å². The van der Waals surface area contributed by atoms with Gasteiger partial charge in [0.15, 0.2) is 9.84 Å². The standard InChI is InChI=1S/C13H20O5S/c1-2-18-13(15)12(14)9-3-5-10(6-4-9)19(16,17)11-7-8-11/h9-11H,2-8H2,1H3. The van der Waals surface area contributed by atoms with E-state index >= 15 is 0 Å². The largest absolute Gasteiger partial charge is 0.460 e. The summed E-state index contributed by atoms with van der Waals surface area (Å²) in [7, 11) is -3.00. The van der Waals surface area contributed by atoms with E-state index in [0.29, 0.717) is 25.7 Å². The van der Waals surface area contributed by atoms with Crippen LogP contribution in [0.3, 0.4) is 0 Å². The van der Waals surface area contributed by atoms with Gasteiger partial charge in [-0.15, -0.1) is 0 Å². The van der Waals surface area contributed by atoms with Gasteiger partial charge in [0.1, 0.15) is 0 Å². The van der Waals surface area contributed by atoms with Crippen molar-refractivity contribution >= 4 is 21.6 Å². The molecule has 6 heteroatoms. The molecular formula is C13H20O5S. The molecule has 2 saturated carbocycles. The molecule has 0 N–H and O–H groups in total. The molecule has 0 saturated heterocycles. The fourth-order valence-corrected chi connectivity index (χ4v) is 4.96. The van der Waals surface area contributed by atoms with Crippen molar-refractivity contribution in [1.82, 2.24) is 0 Å². The molecule has 2 rings (SSSR count). The molecular weight excluding hydrogens is 268 g/mol. The van der Waals surface area contributed by atoms with Gasteiger partial charge in [0, 0.05) is 5.92 Å². The number of esters is 1. The molecule has 2 aliphatic rings. The molecule has 0 aliphatic heterocycles. The molecule has 0 aromatic rings. The Morgan fingerprint density at radius 2 is 1.47 bits per heavy atom. The number of hydrogen-bond acceptors (Lipinski definition) is 5. The van der Waals surface area contributed by atoms with E-state index in [1.165, 1.54) is 0 Å². The molecule has 0 radical (unpaired) electrons. The predicted octanol–water partition coefficient (Wildman–Crippen LogP) is 1.25. The van der Waals surface area contributed by atoms with Crippen molar-refractivity contribution in [2.75, 3.05) is 6.61 Å². The van der Waals surface area contributed by atoms with E-state index in [-0.39, 0.29) is 23.0 Å². The topological polar surface area (TPSA) is 77.5 Å². The molecule has 0 aromatic heterocycles. The number of ether oxygens (including phenoxy) is 1. The molecule has 0 spiro atoms. The lowest BCUT2D eigenvalue weighted by molar-refractivity contribution is -0.155. The molecule has 0 unspecified atom stereocenters. The van der Waals surface area contributed by atoms with Crippen molar-refractivity contribution in [2.24, 2.45) is 5.92 Å². The van der Waals surface area contributed by atoms with E-state index in [9.17, 15) is 18.0 Å². The average Bonchev–Trinajstić information content (AvgIpc) is 3.23. The normalized spacial score (nSPS) is 27.8. The van der Waals surface area contributed by atoms with E-state index < -0.39 is 21.6 Å². The van der Waals surface area contributed by atoms with Crippen LogP contribution in [0.25, 0.3) is 0 Å². The third-order valence-corrected chi connectivity index (χ3v) is 6.78. The van der Waals surface area contributed by atoms with Crippen molar-refractivity contribution < 1.29 is 22.7 Å². The van der Waals surface area contributed by atoms with E-state index in [1.807, 2.05) is 0 Å². The SMILES string of the molecule is CCOC(=O)C(=O)C1CCC(S(=O)(=O)C2CC2)CC1. The first-order valence-corrected chi connectivity index (χ1v) is 8.51. The summed E-state index contributed by atoms with van der Waals surface area (Å²) in [4.78, 5) is 23.1. The molecule has 0 atom stereocenters. The van der Waals surface area contributed by atoms with Crippen molar-refractivity contribution in [1.29, 1.82) is 0 Å². The highest BCUT2D eigenvalue weighted by atomic mass is 32.2. The third kappa shape index (κ3) is 3.16. The van der Waals surface area contributed by atoms with Crippen molar-refractivity contribution in [3.8, 4) is 0 Å². The van der Waals surface area contributed by atoms with Gasteiger partial charge in [-0.25, -0.2) is 13.2 Å². The quantitative estimate of drug-likeness (QED) is 0.562. The van der Waals surface area contributed by atoms with Gasteiger partial charge in [-0.1, -0.05) is 0 Å². The van der Waals surface area contributed by atoms with Crippen molar-refractivity contribution in [3.63, 3.8) is 0 Å². The zero-order valence-electron chi connectivity index (χ0n) is 11.1. The molecule has 0 heterocycles. The van der Waals surface area contributed by atoms with Crippen LogP contribution in [-0.2, 0) is 24.2 Å². The first-order chi connectivity index (χ1) is 8.96. The Hall–Kier alpha value is -0.910. The monoisotopic (exact) mass is 288 g/mol. The number of sulfone groups is 1. The van der Waals surface area contributed by atoms with Crippen molar-refractivity contribution in [2.45, 2.75) is 55.9 Å². The minimum atomic E-state index is -3.00. The van der Waals surface area contributed by atoms with Gasteiger partial charge >= 0.3 is 5.97 Å². The van der Waals surface area contributed by atoms with Gasteiger partial charge in [0.25, 0.3) is 0 Å². The highest BCUT2D eigenvalue weighted by molar-refractivity contribution is 7.92. The molecule has 2 fully saturated rings. The van der Waals surface area contributed by atoms with Crippen LogP contribution in [0.4, 0.5) is 0 Å². The van der Waals surface area contributed by atoms with Crippen LogP contribution >= 0.6 is 0 Å². The molecule has 2 aliphatic carbocycles. The molecule has 5 nitrogen and oxygen atoms in total. The third-order valence-electron chi connectivity index (χ3n) is 3.98. The predicted molar refractivity (Wildman–Crippen MR) is 69.3 cm³/mol. The number of carbonyl (C=O) groups excluding carboxylic acids is 2. The van der Waals surface area contributed by atoms with Gasteiger partial charge in [-0.05, 0) is 45.4 Å². The van der Waals surface area contributed by atoms with Crippen LogP contribution in [-0.4, -0.2) is 37.3 Å². The second-order valence-electron chi connectivity index (χ2n) is 5.35. The van der Waals surface area contributed by atoms with Crippen LogP contribution in [0, 0.1) is 5.92 Å². The number of hydrogen-bond donors (Lipinski definition) is 0. The lowest BCUT2D eigenvalue weighted by Crippen LogP contribution is -2.34. The number of rotatable bonds is 5. The molecule has 0 aromatic carbocycles. The Balaban J connectivity index is 1.89. The smallest absolute Gasteiger partial charge is 0.374 e. The Labute approximate surface area is 113 Å². The Bertz CT molecular complexity index is 455. The highest BCUT2D eigenvalue weighted by Crippen LogP contribution is 2.37. The van der Waals surface area contributed by atoms with Crippen LogP contribution in [0.1, 0.15) is 45.4 Å². The van der Waals surface area contributed by atoms with Gasteiger partial charge in [-0.3, -0.25) is 4.79 Å². The Morgan fingerprint density at radius 1 is 1.00 bits per heavy atom. The summed E-state index contributed by atoms with van der Waals surface area (Å²) in [6.45, 7) is 1.85. The Morgan fingerprint density at radius 3 is 1.89 bits per heavy atom. The van der Waals surface area contributed by atoms with Gasteiger partial charge in [0.05, 0.1) is 17.1 Å². The van der Waals surface area contributed by atoms with E-state index in [0.717, 1.165) is 12.8 Å². The summed E-state index contributed by atoms with van der Waals surface area (Å²) >= 11 is 0. The lowest BCUT2D eigenvalue weighted by atomic mass is 9.86. The minimum absolute atomic E-state index is 0.144. The zero-order valence-corrected chi connectivity index (χ0v) is 11.9. The summed E-state index contributed by atoms with van der Waals surface area (Å²) in [5.74, 6) is -1.63. The first-order valence-electron chi connectivity index (χ1n) is 6.90. The minimum Gasteiger partial charge on any atom is -0.460 e. The maximum Gasteiger partial charge on any atom is 0.374 e. The second-order valence-corrected chi connectivity index (χ2v) is 7.86. The van der Waals surface area contributed by atoms with Gasteiger partial charge in [0.2, 0.25) is 5.78 Å². The number of ketones is 1. The molecule has 0 amide bonds. The lowest BCUT2D eigenvalue weighted by Gasteiger charge is -2.26. The fourth-order valence-electron chi connectivity index (χ4n) is 2.69. The van der Waals surface area contributed by atoms with E-state index in [4.69, 9.17) is 4.74 Å². The maximum atomic E-state index is 12.1. The van der Waals surface area contributed by atoms with Crippen LogP contribution in [0.5, 0.6) is 0 Å². The molecule has 0 bridgehead atoms. The van der Waals surface area contributed by atoms with E-state index in [1.54, 1.807) is 6.92 Å². The average molecular weight is 288 g/mol. The number of Topliss-reactive ketones (excluding diaryl/α,β-unsaturated/α-hetero) is 1. The first kappa shape index (κ1) is 14.5. The van der Waals surface area contributed by atoms with Crippen LogP contribution in [0.15, 0.2) is 0 Å². The summed E-state index contributed by atoms with van der Waals surface area (Å²) < 4.78 is 28.9. The summed E-state index contributed by atoms with van der Waals surface area (Å²) in [6, 6.07) is 0. The summed E-state index contributed by atoms with van der Waals surface area (Å²) in [5.41, 5.74) is 0. The number of carbonyl (C=O) groups is 2. The van der Waals surface area contributed by atoms with Gasteiger partial charge in [-0.2, -0.15) is 0 Å². The van der Waals surface area contributed by atoms with Gasteiger partial charge < -0.3 is 4.74 Å². The van der Waals surface area contributed by atoms with E-state index in [2.05, 4.69) is 0 Å². The zero-order chi connectivity index (χ0) is 14.0.